The second-order valence-electron chi connectivity index (χ2n) is 26.0. The van der Waals surface area contributed by atoms with Crippen LogP contribution in [0.4, 0.5) is 0 Å². The Hall–Kier alpha value is -1.25. The molecule has 0 aliphatic carbocycles. The van der Waals surface area contributed by atoms with E-state index in [0.29, 0.717) is 23.9 Å². The van der Waals surface area contributed by atoms with E-state index in [0.717, 1.165) is 32.1 Å². The lowest BCUT2D eigenvalue weighted by Crippen LogP contribution is -2.37. The van der Waals surface area contributed by atoms with E-state index >= 15 is 0 Å². The van der Waals surface area contributed by atoms with Crippen LogP contribution in [0.5, 0.6) is 0 Å². The summed E-state index contributed by atoms with van der Waals surface area (Å²) in [6.45, 7) is 4.51. The molecule has 482 valence electrons. The van der Waals surface area contributed by atoms with Gasteiger partial charge >= 0.3 is 19.8 Å². The molecule has 81 heavy (non-hydrogen) atoms. The predicted molar refractivity (Wildman–Crippen MR) is 349 cm³/mol. The number of carbonyl (C=O) groups excluding carboxylic acids is 2. The molecule has 0 rings (SSSR count). The van der Waals surface area contributed by atoms with Crippen LogP contribution in [0, 0.1) is 0 Å². The quantitative estimate of drug-likeness (QED) is 0.0211. The molecule has 2 atom stereocenters. The summed E-state index contributed by atoms with van der Waals surface area (Å²) in [5.41, 5.74) is 0. The average Bonchev–Trinajstić information content (AvgIpc) is 3.43. The lowest BCUT2D eigenvalue weighted by molar-refractivity contribution is -0.870. The number of esters is 2. The minimum atomic E-state index is -4.39. The standard InChI is InChI=1S/C71H140NO8P/c1-6-8-10-12-14-16-18-20-22-24-26-28-29-30-31-32-33-34-35-36-37-38-39-40-41-42-44-45-47-49-51-53-55-57-59-61-63-70(73)77-67-69(68-79-81(75,76)78-66-65-72(3,4)5)80-71(74)64-62-60-58-56-54-52-50-48-46-43-27-25-23-21-19-17-15-13-11-9-7-2/h25,27,69H,6-24,26,28-68H2,1-5H3/p+1/b27-25-. The summed E-state index contributed by atoms with van der Waals surface area (Å²) in [4.78, 5) is 35.8. The van der Waals surface area contributed by atoms with Crippen LogP contribution >= 0.6 is 7.82 Å². The Morgan fingerprint density at radius 3 is 0.914 bits per heavy atom. The molecule has 0 amide bonds. The van der Waals surface area contributed by atoms with Gasteiger partial charge in [-0.1, -0.05) is 341 Å². The van der Waals surface area contributed by atoms with Gasteiger partial charge in [0.25, 0.3) is 0 Å². The van der Waals surface area contributed by atoms with Crippen LogP contribution in [0.3, 0.4) is 0 Å². The van der Waals surface area contributed by atoms with Crippen molar-refractivity contribution in [2.24, 2.45) is 0 Å². The summed E-state index contributed by atoms with van der Waals surface area (Å²) in [7, 11) is 1.50. The molecule has 0 aromatic carbocycles. The maximum absolute atomic E-state index is 12.9. The fraction of sp³-hybridized carbons (Fsp3) is 0.944. The van der Waals surface area contributed by atoms with Crippen LogP contribution in [0.2, 0.25) is 0 Å². The van der Waals surface area contributed by atoms with Gasteiger partial charge in [-0.15, -0.1) is 0 Å². The van der Waals surface area contributed by atoms with Crippen LogP contribution < -0.4 is 0 Å². The number of hydrogen-bond acceptors (Lipinski definition) is 7. The number of likely N-dealkylation sites (N-methyl/N-ethyl adjacent to an activating group) is 1. The van der Waals surface area contributed by atoms with E-state index in [2.05, 4.69) is 26.0 Å². The topological polar surface area (TPSA) is 108 Å². The van der Waals surface area contributed by atoms with Gasteiger partial charge in [0.05, 0.1) is 27.7 Å². The molecule has 0 aromatic rings. The Morgan fingerprint density at radius 1 is 0.370 bits per heavy atom. The van der Waals surface area contributed by atoms with Crippen molar-refractivity contribution in [2.45, 2.75) is 386 Å². The zero-order valence-electron chi connectivity index (χ0n) is 55.1. The van der Waals surface area contributed by atoms with Crippen LogP contribution in [-0.2, 0) is 32.7 Å². The van der Waals surface area contributed by atoms with E-state index in [1.54, 1.807) is 0 Å². The van der Waals surface area contributed by atoms with E-state index < -0.39 is 26.5 Å². The molecule has 0 spiro atoms. The van der Waals surface area contributed by atoms with Crippen LogP contribution in [0.1, 0.15) is 380 Å². The Bertz CT molecular complexity index is 1370. The Labute approximate surface area is 505 Å². The molecule has 0 fully saturated rings. The van der Waals surface area contributed by atoms with Gasteiger partial charge in [0.2, 0.25) is 0 Å². The largest absolute Gasteiger partial charge is 0.472 e. The first-order valence-corrected chi connectivity index (χ1v) is 37.4. The first-order chi connectivity index (χ1) is 39.5. The molecule has 0 aliphatic heterocycles. The van der Waals surface area contributed by atoms with E-state index in [4.69, 9.17) is 18.5 Å². The molecular formula is C71H141NO8P+. The number of carbonyl (C=O) groups is 2. The average molecular weight is 1170 g/mol. The van der Waals surface area contributed by atoms with E-state index in [9.17, 15) is 19.0 Å². The first-order valence-electron chi connectivity index (χ1n) is 35.9. The summed E-state index contributed by atoms with van der Waals surface area (Å²) in [5.74, 6) is -0.776. The minimum absolute atomic E-state index is 0.0353. The molecule has 0 heterocycles. The summed E-state index contributed by atoms with van der Waals surface area (Å²) in [6.07, 6.45) is 77.7. The molecule has 0 saturated heterocycles. The SMILES string of the molecule is CCCCCCCCCC/C=C\CCCCCCCCCCCC(=O)OC(COC(=O)CCCCCCCCCCCCCCCCCCCCCCCCCCCCCCCCCCCCCC)COP(=O)(O)OCC[N+](C)(C)C. The van der Waals surface area contributed by atoms with E-state index in [1.807, 2.05) is 21.1 Å². The van der Waals surface area contributed by atoms with Gasteiger partial charge in [0.15, 0.2) is 6.10 Å². The number of ether oxygens (including phenoxy) is 2. The number of phosphoric ester groups is 1. The van der Waals surface area contributed by atoms with Crippen molar-refractivity contribution in [3.63, 3.8) is 0 Å². The fourth-order valence-corrected chi connectivity index (χ4v) is 11.8. The van der Waals surface area contributed by atoms with Crippen molar-refractivity contribution in [2.75, 3.05) is 47.5 Å². The highest BCUT2D eigenvalue weighted by Crippen LogP contribution is 2.43. The van der Waals surface area contributed by atoms with E-state index in [-0.39, 0.29) is 25.6 Å². The van der Waals surface area contributed by atoms with Gasteiger partial charge in [0, 0.05) is 12.8 Å². The maximum atomic E-state index is 12.9. The number of nitrogens with zero attached hydrogens (tertiary/aromatic N) is 1. The van der Waals surface area contributed by atoms with Crippen LogP contribution in [0.15, 0.2) is 12.2 Å². The Balaban J connectivity index is 3.91. The van der Waals surface area contributed by atoms with Gasteiger partial charge in [-0.05, 0) is 38.5 Å². The Morgan fingerprint density at radius 2 is 0.630 bits per heavy atom. The smallest absolute Gasteiger partial charge is 0.462 e. The van der Waals surface area contributed by atoms with E-state index in [1.165, 1.54) is 315 Å². The number of hydrogen-bond donors (Lipinski definition) is 1. The highest BCUT2D eigenvalue weighted by molar-refractivity contribution is 7.47. The third-order valence-corrected chi connectivity index (χ3v) is 17.5. The molecule has 9 nitrogen and oxygen atoms in total. The van der Waals surface area contributed by atoms with Crippen molar-refractivity contribution in [1.29, 1.82) is 0 Å². The summed E-state index contributed by atoms with van der Waals surface area (Å²) in [6, 6.07) is 0. The molecule has 0 saturated carbocycles. The number of phosphoric acid groups is 1. The minimum Gasteiger partial charge on any atom is -0.462 e. The Kier molecular flexibility index (Phi) is 62.3. The summed E-state index contributed by atoms with van der Waals surface area (Å²) < 4.78 is 34.7. The zero-order valence-corrected chi connectivity index (χ0v) is 56.0. The lowest BCUT2D eigenvalue weighted by atomic mass is 10.0. The van der Waals surface area contributed by atoms with Crippen LogP contribution in [-0.4, -0.2) is 74.9 Å². The highest BCUT2D eigenvalue weighted by atomic mass is 31.2. The number of allylic oxidation sites excluding steroid dienone is 2. The molecule has 2 unspecified atom stereocenters. The number of unbranched alkanes of at least 4 members (excludes halogenated alkanes) is 52. The fourth-order valence-electron chi connectivity index (χ4n) is 11.0. The normalized spacial score (nSPS) is 13.1. The van der Waals surface area contributed by atoms with Crippen molar-refractivity contribution in [1.82, 2.24) is 0 Å². The summed E-state index contributed by atoms with van der Waals surface area (Å²) in [5, 5.41) is 0. The molecule has 0 radical (unpaired) electrons. The van der Waals surface area contributed by atoms with Crippen LogP contribution in [0.25, 0.3) is 0 Å². The lowest BCUT2D eigenvalue weighted by Gasteiger charge is -2.24. The van der Waals surface area contributed by atoms with Crippen molar-refractivity contribution in [3.05, 3.63) is 12.2 Å². The van der Waals surface area contributed by atoms with Crippen molar-refractivity contribution >= 4 is 19.8 Å². The maximum Gasteiger partial charge on any atom is 0.472 e. The molecule has 0 bridgehead atoms. The van der Waals surface area contributed by atoms with Crippen molar-refractivity contribution in [3.8, 4) is 0 Å². The van der Waals surface area contributed by atoms with Gasteiger partial charge in [0.1, 0.15) is 19.8 Å². The molecule has 10 heteroatoms. The molecule has 1 N–H and O–H groups in total. The second-order valence-corrected chi connectivity index (χ2v) is 27.4. The predicted octanol–water partition coefficient (Wildman–Crippen LogP) is 23.1. The third kappa shape index (κ3) is 67.7. The molecule has 0 aliphatic rings. The summed E-state index contributed by atoms with van der Waals surface area (Å²) >= 11 is 0. The number of rotatable bonds is 68. The first kappa shape index (κ1) is 79.8. The molecule has 0 aromatic heterocycles. The van der Waals surface area contributed by atoms with Crippen molar-refractivity contribution < 1.29 is 42.1 Å². The molecular weight excluding hydrogens is 1030 g/mol. The third-order valence-electron chi connectivity index (χ3n) is 16.5. The number of quaternary nitrogens is 1. The highest BCUT2D eigenvalue weighted by Gasteiger charge is 2.27. The second kappa shape index (κ2) is 63.3. The van der Waals surface area contributed by atoms with Gasteiger partial charge < -0.3 is 18.9 Å². The van der Waals surface area contributed by atoms with Gasteiger partial charge in [-0.25, -0.2) is 4.57 Å². The van der Waals surface area contributed by atoms with Gasteiger partial charge in [-0.3, -0.25) is 18.6 Å². The van der Waals surface area contributed by atoms with Gasteiger partial charge in [-0.2, -0.15) is 0 Å². The zero-order chi connectivity index (χ0) is 59.1. The monoisotopic (exact) mass is 1170 g/mol.